The minimum absolute atomic E-state index is 1.64. The molecule has 54 valence electrons. The monoisotopic (exact) mass is 136 g/mol. The molecular weight excluding hydrogens is 124 g/mol. The molecule has 0 unspecified atom stereocenters. The molecule has 0 aliphatic heterocycles. The maximum atomic E-state index is 3.70. The first-order chi connectivity index (χ1) is 4.91. The molecule has 0 aromatic heterocycles. The third-order valence-corrected chi connectivity index (χ3v) is 0.757. The molecular formula is C8H12N2. The van der Waals surface area contributed by atoms with Crippen LogP contribution in [-0.4, -0.2) is 12.4 Å². The van der Waals surface area contributed by atoms with Gasteiger partial charge in [0.2, 0.25) is 0 Å². The van der Waals surface area contributed by atoms with Crippen LogP contribution in [0.2, 0.25) is 0 Å². The van der Waals surface area contributed by atoms with Crippen molar-refractivity contribution in [3.8, 4) is 0 Å². The van der Waals surface area contributed by atoms with Crippen molar-refractivity contribution in [2.24, 2.45) is 10.2 Å². The maximum absolute atomic E-state index is 3.70. The number of rotatable bonds is 3. The van der Waals surface area contributed by atoms with Crippen LogP contribution in [-0.2, 0) is 0 Å². The largest absolute Gasteiger partial charge is 0.159 e. The van der Waals surface area contributed by atoms with E-state index in [9.17, 15) is 0 Å². The van der Waals surface area contributed by atoms with Gasteiger partial charge in [-0.2, -0.15) is 10.2 Å². The molecule has 0 aliphatic rings. The Hall–Kier alpha value is -1.18. The van der Waals surface area contributed by atoms with Crippen LogP contribution in [0.5, 0.6) is 0 Å². The lowest BCUT2D eigenvalue weighted by atomic mass is 10.6. The van der Waals surface area contributed by atoms with Gasteiger partial charge in [0.05, 0.1) is 0 Å². The lowest BCUT2D eigenvalue weighted by Gasteiger charge is -1.71. The standard InChI is InChI=1S/C8H12N2/c1-3-5-7-9-10-8-6-4-2/h3-8H,1-2H3/b5-3+,6-4+,9-7+,10-8+. The zero-order chi connectivity index (χ0) is 7.66. The van der Waals surface area contributed by atoms with E-state index in [1.165, 1.54) is 0 Å². The van der Waals surface area contributed by atoms with Crippen LogP contribution in [0.25, 0.3) is 0 Å². The third kappa shape index (κ3) is 6.82. The lowest BCUT2D eigenvalue weighted by Crippen LogP contribution is -1.63. The molecule has 0 heterocycles. The Balaban J connectivity index is 3.51. The average Bonchev–Trinajstić information content (AvgIpc) is 1.97. The summed E-state index contributed by atoms with van der Waals surface area (Å²) in [7, 11) is 0. The quantitative estimate of drug-likeness (QED) is 0.419. The van der Waals surface area contributed by atoms with Gasteiger partial charge in [-0.25, -0.2) is 0 Å². The summed E-state index contributed by atoms with van der Waals surface area (Å²) in [6.45, 7) is 3.86. The van der Waals surface area contributed by atoms with Crippen molar-refractivity contribution >= 4 is 12.4 Å². The van der Waals surface area contributed by atoms with Crippen molar-refractivity contribution in [3.05, 3.63) is 24.3 Å². The second kappa shape index (κ2) is 7.82. The Morgan fingerprint density at radius 2 is 1.20 bits per heavy atom. The number of nitrogens with zero attached hydrogens (tertiary/aromatic N) is 2. The fraction of sp³-hybridized carbons (Fsp3) is 0.250. The van der Waals surface area contributed by atoms with E-state index in [0.29, 0.717) is 0 Å². The van der Waals surface area contributed by atoms with E-state index in [-0.39, 0.29) is 0 Å². The summed E-state index contributed by atoms with van der Waals surface area (Å²) >= 11 is 0. The van der Waals surface area contributed by atoms with E-state index in [2.05, 4.69) is 10.2 Å². The molecule has 2 heteroatoms. The molecule has 0 bridgehead atoms. The van der Waals surface area contributed by atoms with Gasteiger partial charge in [-0.15, -0.1) is 0 Å². The third-order valence-electron chi connectivity index (χ3n) is 0.757. The van der Waals surface area contributed by atoms with Gasteiger partial charge in [-0.05, 0) is 26.0 Å². The Morgan fingerprint density at radius 1 is 0.800 bits per heavy atom. The molecule has 0 radical (unpaired) electrons. The minimum Gasteiger partial charge on any atom is -0.159 e. The Labute approximate surface area is 61.7 Å². The van der Waals surface area contributed by atoms with Gasteiger partial charge >= 0.3 is 0 Å². The van der Waals surface area contributed by atoms with Crippen LogP contribution in [0.1, 0.15) is 13.8 Å². The van der Waals surface area contributed by atoms with E-state index in [4.69, 9.17) is 0 Å². The van der Waals surface area contributed by atoms with Crippen molar-refractivity contribution in [1.82, 2.24) is 0 Å². The molecule has 2 nitrogen and oxygen atoms in total. The molecule has 0 saturated heterocycles. The summed E-state index contributed by atoms with van der Waals surface area (Å²) in [6.07, 6.45) is 10.7. The first-order valence-electron chi connectivity index (χ1n) is 3.20. The van der Waals surface area contributed by atoms with Crippen LogP contribution in [0.3, 0.4) is 0 Å². The molecule has 0 saturated carbocycles. The Kier molecular flexibility index (Phi) is 6.90. The van der Waals surface area contributed by atoms with Crippen LogP contribution in [0.15, 0.2) is 34.5 Å². The molecule has 0 rings (SSSR count). The summed E-state index contributed by atoms with van der Waals surface area (Å²) in [5.41, 5.74) is 0. The van der Waals surface area contributed by atoms with Crippen LogP contribution in [0, 0.1) is 0 Å². The number of hydrogen-bond donors (Lipinski definition) is 0. The normalized spacial score (nSPS) is 13.4. The van der Waals surface area contributed by atoms with Crippen LogP contribution >= 0.6 is 0 Å². The van der Waals surface area contributed by atoms with Gasteiger partial charge in [-0.3, -0.25) is 0 Å². The van der Waals surface area contributed by atoms with Crippen molar-refractivity contribution in [2.75, 3.05) is 0 Å². The average molecular weight is 136 g/mol. The molecule has 0 N–H and O–H groups in total. The highest BCUT2D eigenvalue weighted by atomic mass is 15.2. The van der Waals surface area contributed by atoms with Crippen molar-refractivity contribution in [2.45, 2.75) is 13.8 Å². The SMILES string of the molecule is C/C=C/C=N/N=C/C=C/C. The molecule has 0 fully saturated rings. The molecule has 0 spiro atoms. The summed E-state index contributed by atoms with van der Waals surface area (Å²) in [6, 6.07) is 0. The van der Waals surface area contributed by atoms with Gasteiger partial charge < -0.3 is 0 Å². The second-order valence-electron chi connectivity index (χ2n) is 1.58. The summed E-state index contributed by atoms with van der Waals surface area (Å²) < 4.78 is 0. The summed E-state index contributed by atoms with van der Waals surface area (Å²) in [4.78, 5) is 0. The first kappa shape index (κ1) is 8.82. The predicted molar refractivity (Wildman–Crippen MR) is 46.6 cm³/mol. The smallest absolute Gasteiger partial charge is 0.0492 e. The highest BCUT2D eigenvalue weighted by Crippen LogP contribution is 1.71. The zero-order valence-corrected chi connectivity index (χ0v) is 6.36. The predicted octanol–water partition coefficient (Wildman–Crippen LogP) is 2.20. The van der Waals surface area contributed by atoms with E-state index in [0.717, 1.165) is 0 Å². The van der Waals surface area contributed by atoms with E-state index in [1.807, 2.05) is 38.2 Å². The second-order valence-corrected chi connectivity index (χ2v) is 1.58. The van der Waals surface area contributed by atoms with E-state index >= 15 is 0 Å². The van der Waals surface area contributed by atoms with Crippen molar-refractivity contribution in [3.63, 3.8) is 0 Å². The van der Waals surface area contributed by atoms with E-state index < -0.39 is 0 Å². The van der Waals surface area contributed by atoms with Gasteiger partial charge in [0.25, 0.3) is 0 Å². The fourth-order valence-corrected chi connectivity index (χ4v) is 0.326. The van der Waals surface area contributed by atoms with E-state index in [1.54, 1.807) is 12.4 Å². The molecule has 0 aromatic rings. The summed E-state index contributed by atoms with van der Waals surface area (Å²) in [5, 5.41) is 7.41. The van der Waals surface area contributed by atoms with Crippen molar-refractivity contribution in [1.29, 1.82) is 0 Å². The molecule has 0 amide bonds. The van der Waals surface area contributed by atoms with Gasteiger partial charge in [0, 0.05) is 12.4 Å². The lowest BCUT2D eigenvalue weighted by molar-refractivity contribution is 1.27. The molecule has 0 aliphatic carbocycles. The number of hydrogen-bond acceptors (Lipinski definition) is 2. The zero-order valence-electron chi connectivity index (χ0n) is 6.36. The van der Waals surface area contributed by atoms with Gasteiger partial charge in [0.1, 0.15) is 0 Å². The minimum atomic E-state index is 1.64. The topological polar surface area (TPSA) is 24.7 Å². The van der Waals surface area contributed by atoms with Gasteiger partial charge in [-0.1, -0.05) is 12.2 Å². The Morgan fingerprint density at radius 3 is 1.50 bits per heavy atom. The highest BCUT2D eigenvalue weighted by Gasteiger charge is 1.59. The van der Waals surface area contributed by atoms with Gasteiger partial charge in [0.15, 0.2) is 0 Å². The summed E-state index contributed by atoms with van der Waals surface area (Å²) in [5.74, 6) is 0. The van der Waals surface area contributed by atoms with Crippen LogP contribution < -0.4 is 0 Å². The molecule has 0 aromatic carbocycles. The van der Waals surface area contributed by atoms with Crippen LogP contribution in [0.4, 0.5) is 0 Å². The fourth-order valence-electron chi connectivity index (χ4n) is 0.326. The maximum Gasteiger partial charge on any atom is 0.0492 e. The number of allylic oxidation sites excluding steroid dienone is 4. The Bertz CT molecular complexity index is 144. The molecule has 10 heavy (non-hydrogen) atoms. The highest BCUT2D eigenvalue weighted by molar-refractivity contribution is 5.74. The van der Waals surface area contributed by atoms with Crippen molar-refractivity contribution < 1.29 is 0 Å². The molecule has 0 atom stereocenters. The first-order valence-corrected chi connectivity index (χ1v) is 3.20.